The zero-order valence-electron chi connectivity index (χ0n) is 12.2. The minimum absolute atomic E-state index is 0.574. The lowest BCUT2D eigenvalue weighted by atomic mass is 10.1. The summed E-state index contributed by atoms with van der Waals surface area (Å²) in [5.41, 5.74) is 0.975. The van der Waals surface area contributed by atoms with Crippen LogP contribution in [-0.4, -0.2) is 53.1 Å². The third kappa shape index (κ3) is 3.91. The van der Waals surface area contributed by atoms with Gasteiger partial charge in [0.15, 0.2) is 0 Å². The van der Waals surface area contributed by atoms with Crippen LogP contribution in [-0.2, 0) is 11.3 Å². The van der Waals surface area contributed by atoms with Crippen LogP contribution in [0.1, 0.15) is 24.3 Å². The molecule has 0 saturated carbocycles. The quantitative estimate of drug-likeness (QED) is 0.866. The highest BCUT2D eigenvalue weighted by Gasteiger charge is 2.26. The fourth-order valence-electron chi connectivity index (χ4n) is 2.60. The van der Waals surface area contributed by atoms with Gasteiger partial charge in [-0.1, -0.05) is 0 Å². The van der Waals surface area contributed by atoms with Crippen LogP contribution in [0.4, 0.5) is 0 Å². The van der Waals surface area contributed by atoms with E-state index in [4.69, 9.17) is 5.11 Å². The van der Waals surface area contributed by atoms with Gasteiger partial charge in [-0.2, -0.15) is 0 Å². The first-order chi connectivity index (χ1) is 9.45. The summed E-state index contributed by atoms with van der Waals surface area (Å²) in [6.07, 6.45) is 2.84. The van der Waals surface area contributed by atoms with Crippen molar-refractivity contribution in [3.63, 3.8) is 0 Å². The third-order valence-electron chi connectivity index (χ3n) is 3.91. The summed E-state index contributed by atoms with van der Waals surface area (Å²) in [7, 11) is 2.19. The van der Waals surface area contributed by atoms with Gasteiger partial charge in [0, 0.05) is 42.7 Å². The molecule has 1 saturated heterocycles. The minimum atomic E-state index is -0.903. The van der Waals surface area contributed by atoms with Gasteiger partial charge in [-0.3, -0.25) is 9.80 Å². The van der Waals surface area contributed by atoms with Gasteiger partial charge in [-0.05, 0) is 44.0 Å². The molecular weight excluding hydrogens is 272 g/mol. The fraction of sp³-hybridized carbons (Fsp3) is 0.533. The number of hydrogen-bond acceptors (Lipinski definition) is 4. The standard InChI is InChI=1S/C15H22N2O2S/c1-11-7-17(8-12(2)16(11)3)9-14-6-13(10-20-14)4-5-15(18)19/h4-6,10-12H,7-9H2,1-3H3,(H,18,19)/b5-4+. The van der Waals surface area contributed by atoms with E-state index in [2.05, 4.69) is 36.8 Å². The smallest absolute Gasteiger partial charge is 0.328 e. The highest BCUT2D eigenvalue weighted by atomic mass is 32.1. The Hall–Kier alpha value is -1.17. The van der Waals surface area contributed by atoms with Gasteiger partial charge < -0.3 is 5.11 Å². The Kier molecular flexibility index (Phi) is 4.96. The van der Waals surface area contributed by atoms with Crippen molar-refractivity contribution in [3.8, 4) is 0 Å². The van der Waals surface area contributed by atoms with Crippen molar-refractivity contribution in [3.05, 3.63) is 28.0 Å². The van der Waals surface area contributed by atoms with E-state index < -0.39 is 5.97 Å². The number of aliphatic carboxylic acids is 1. The van der Waals surface area contributed by atoms with E-state index in [9.17, 15) is 4.79 Å². The second kappa shape index (κ2) is 6.52. The first-order valence-electron chi connectivity index (χ1n) is 6.88. The van der Waals surface area contributed by atoms with E-state index in [-0.39, 0.29) is 0 Å². The van der Waals surface area contributed by atoms with E-state index in [1.165, 1.54) is 11.0 Å². The van der Waals surface area contributed by atoms with Crippen LogP contribution in [0.2, 0.25) is 0 Å². The summed E-state index contributed by atoms with van der Waals surface area (Å²) >= 11 is 1.70. The molecule has 2 unspecified atom stereocenters. The molecule has 0 aliphatic carbocycles. The lowest BCUT2D eigenvalue weighted by Crippen LogP contribution is -2.54. The van der Waals surface area contributed by atoms with Crippen LogP contribution in [0.3, 0.4) is 0 Å². The first kappa shape index (κ1) is 15.2. The van der Waals surface area contributed by atoms with Gasteiger partial charge in [-0.15, -0.1) is 11.3 Å². The number of carbonyl (C=O) groups is 1. The van der Waals surface area contributed by atoms with Crippen molar-refractivity contribution >= 4 is 23.4 Å². The second-order valence-corrected chi connectivity index (χ2v) is 6.57. The van der Waals surface area contributed by atoms with Gasteiger partial charge in [-0.25, -0.2) is 4.79 Å². The molecule has 1 aliphatic heterocycles. The third-order valence-corrected chi connectivity index (χ3v) is 4.85. The van der Waals surface area contributed by atoms with E-state index >= 15 is 0 Å². The van der Waals surface area contributed by atoms with Crippen molar-refractivity contribution in [2.45, 2.75) is 32.5 Å². The summed E-state index contributed by atoms with van der Waals surface area (Å²) < 4.78 is 0. The van der Waals surface area contributed by atoms with Crippen LogP contribution in [0.25, 0.3) is 6.08 Å². The molecule has 2 heterocycles. The Labute approximate surface area is 124 Å². The number of piperazine rings is 1. The Bertz CT molecular complexity index is 486. The maximum Gasteiger partial charge on any atom is 0.328 e. The van der Waals surface area contributed by atoms with Gasteiger partial charge in [0.2, 0.25) is 0 Å². The van der Waals surface area contributed by atoms with Crippen LogP contribution >= 0.6 is 11.3 Å². The highest BCUT2D eigenvalue weighted by molar-refractivity contribution is 7.10. The topological polar surface area (TPSA) is 43.8 Å². The Morgan fingerprint density at radius 2 is 2.10 bits per heavy atom. The SMILES string of the molecule is CC1CN(Cc2cc(/C=C/C(=O)O)cs2)CC(C)N1C. The lowest BCUT2D eigenvalue weighted by molar-refractivity contribution is -0.131. The van der Waals surface area contributed by atoms with Crippen molar-refractivity contribution in [1.29, 1.82) is 0 Å². The maximum absolute atomic E-state index is 10.5. The van der Waals surface area contributed by atoms with E-state index in [0.717, 1.165) is 25.2 Å². The number of nitrogens with zero attached hydrogens (tertiary/aromatic N) is 2. The molecule has 0 aromatic carbocycles. The molecule has 110 valence electrons. The van der Waals surface area contributed by atoms with Crippen molar-refractivity contribution in [2.75, 3.05) is 20.1 Å². The number of carboxylic acids is 1. The zero-order valence-corrected chi connectivity index (χ0v) is 13.1. The Morgan fingerprint density at radius 3 is 2.70 bits per heavy atom. The molecule has 1 fully saturated rings. The summed E-state index contributed by atoms with van der Waals surface area (Å²) in [5.74, 6) is -0.903. The molecule has 0 spiro atoms. The van der Waals surface area contributed by atoms with Crippen LogP contribution in [0, 0.1) is 0 Å². The molecule has 4 nitrogen and oxygen atoms in total. The molecule has 1 aliphatic rings. The summed E-state index contributed by atoms with van der Waals surface area (Å²) in [6.45, 7) is 7.64. The fourth-order valence-corrected chi connectivity index (χ4v) is 3.49. The van der Waals surface area contributed by atoms with Crippen LogP contribution in [0.15, 0.2) is 17.5 Å². The predicted molar refractivity (Wildman–Crippen MR) is 83.0 cm³/mol. The molecular formula is C15H22N2O2S. The van der Waals surface area contributed by atoms with Gasteiger partial charge in [0.25, 0.3) is 0 Å². The molecule has 1 aromatic rings. The monoisotopic (exact) mass is 294 g/mol. The van der Waals surface area contributed by atoms with Crippen LogP contribution in [0.5, 0.6) is 0 Å². The predicted octanol–water partition coefficient (Wildman–Crippen LogP) is 2.37. The number of hydrogen-bond donors (Lipinski definition) is 1. The molecule has 20 heavy (non-hydrogen) atoms. The van der Waals surface area contributed by atoms with E-state index in [1.807, 2.05) is 5.38 Å². The average Bonchev–Trinajstić information content (AvgIpc) is 2.81. The van der Waals surface area contributed by atoms with E-state index in [1.54, 1.807) is 17.4 Å². The lowest BCUT2D eigenvalue weighted by Gasteiger charge is -2.42. The largest absolute Gasteiger partial charge is 0.478 e. The second-order valence-electron chi connectivity index (χ2n) is 5.58. The number of likely N-dealkylation sites (N-methyl/N-ethyl adjacent to an activating group) is 1. The average molecular weight is 294 g/mol. The molecule has 2 rings (SSSR count). The summed E-state index contributed by atoms with van der Waals surface area (Å²) in [4.78, 5) is 16.7. The minimum Gasteiger partial charge on any atom is -0.478 e. The molecule has 5 heteroatoms. The molecule has 0 amide bonds. The normalized spacial score (nSPS) is 25.4. The highest BCUT2D eigenvalue weighted by Crippen LogP contribution is 2.21. The maximum atomic E-state index is 10.5. The van der Waals surface area contributed by atoms with Gasteiger partial charge >= 0.3 is 5.97 Å². The Morgan fingerprint density at radius 1 is 1.45 bits per heavy atom. The van der Waals surface area contributed by atoms with Gasteiger partial charge in [0.1, 0.15) is 0 Å². The number of rotatable bonds is 4. The zero-order chi connectivity index (χ0) is 14.7. The van der Waals surface area contributed by atoms with Crippen LogP contribution < -0.4 is 0 Å². The van der Waals surface area contributed by atoms with E-state index in [0.29, 0.717) is 12.1 Å². The Balaban J connectivity index is 1.95. The number of thiophene rings is 1. The summed E-state index contributed by atoms with van der Waals surface area (Å²) in [6, 6.07) is 3.23. The molecule has 0 bridgehead atoms. The van der Waals surface area contributed by atoms with Crippen molar-refractivity contribution in [1.82, 2.24) is 9.80 Å². The first-order valence-corrected chi connectivity index (χ1v) is 7.76. The van der Waals surface area contributed by atoms with Crippen molar-refractivity contribution < 1.29 is 9.90 Å². The molecule has 2 atom stereocenters. The summed E-state index contributed by atoms with van der Waals surface area (Å²) in [5, 5.41) is 10.6. The van der Waals surface area contributed by atoms with Crippen molar-refractivity contribution in [2.24, 2.45) is 0 Å². The number of carboxylic acid groups (broad SMARTS) is 1. The molecule has 0 radical (unpaired) electrons. The molecule has 1 N–H and O–H groups in total. The van der Waals surface area contributed by atoms with Gasteiger partial charge in [0.05, 0.1) is 0 Å². The molecule has 1 aromatic heterocycles.